The van der Waals surface area contributed by atoms with Gasteiger partial charge in [-0.3, -0.25) is 9.78 Å². The number of pyridine rings is 1. The predicted molar refractivity (Wildman–Crippen MR) is 94.2 cm³/mol. The summed E-state index contributed by atoms with van der Waals surface area (Å²) in [5, 5.41) is 3.11. The second-order valence-corrected chi connectivity index (χ2v) is 6.31. The fourth-order valence-corrected chi connectivity index (χ4v) is 3.36. The Morgan fingerprint density at radius 3 is 2.92 bits per heavy atom. The number of ether oxygens (including phenoxy) is 1. The standard InChI is InChI=1S/C20H24N2O2/c1-24-18-6-7-19-16(13-18)3-2-4-17(19)14-22-20(23)8-5-15-9-11-21-12-10-15/h6-7,9-13,17H,2-5,8,14H2,1H3,(H,22,23)/t17-/m1/s1. The number of methoxy groups -OCH3 is 1. The zero-order valence-electron chi connectivity index (χ0n) is 14.1. The number of amides is 1. The molecule has 0 aliphatic heterocycles. The number of hydrogen-bond acceptors (Lipinski definition) is 3. The van der Waals surface area contributed by atoms with Crippen LogP contribution in [0.3, 0.4) is 0 Å². The van der Waals surface area contributed by atoms with E-state index in [1.54, 1.807) is 19.5 Å². The third kappa shape index (κ3) is 4.13. The van der Waals surface area contributed by atoms with E-state index in [-0.39, 0.29) is 5.91 Å². The summed E-state index contributed by atoms with van der Waals surface area (Å²) in [6.07, 6.45) is 8.20. The van der Waals surface area contributed by atoms with Gasteiger partial charge >= 0.3 is 0 Å². The van der Waals surface area contributed by atoms with Crippen LogP contribution in [0, 0.1) is 0 Å². The lowest BCUT2D eigenvalue weighted by molar-refractivity contribution is -0.121. The maximum atomic E-state index is 12.1. The zero-order valence-corrected chi connectivity index (χ0v) is 14.1. The minimum absolute atomic E-state index is 0.118. The molecule has 1 heterocycles. The van der Waals surface area contributed by atoms with E-state index >= 15 is 0 Å². The van der Waals surface area contributed by atoms with E-state index in [0.717, 1.165) is 37.0 Å². The molecular formula is C20H24N2O2. The number of benzene rings is 1. The summed E-state index contributed by atoms with van der Waals surface area (Å²) in [6, 6.07) is 10.2. The van der Waals surface area contributed by atoms with Crippen molar-refractivity contribution in [2.75, 3.05) is 13.7 Å². The van der Waals surface area contributed by atoms with Gasteiger partial charge in [0.05, 0.1) is 7.11 Å². The van der Waals surface area contributed by atoms with Gasteiger partial charge in [0, 0.05) is 31.3 Å². The number of nitrogens with one attached hydrogen (secondary N) is 1. The maximum absolute atomic E-state index is 12.1. The summed E-state index contributed by atoms with van der Waals surface area (Å²) in [5.74, 6) is 1.44. The molecule has 4 nitrogen and oxygen atoms in total. The van der Waals surface area contributed by atoms with Crippen LogP contribution in [0.4, 0.5) is 0 Å². The van der Waals surface area contributed by atoms with E-state index in [9.17, 15) is 4.79 Å². The molecule has 0 unspecified atom stereocenters. The van der Waals surface area contributed by atoms with E-state index < -0.39 is 0 Å². The summed E-state index contributed by atoms with van der Waals surface area (Å²) < 4.78 is 5.31. The second kappa shape index (κ2) is 7.95. The van der Waals surface area contributed by atoms with Crippen molar-refractivity contribution in [1.29, 1.82) is 0 Å². The number of aromatic nitrogens is 1. The minimum atomic E-state index is 0.118. The van der Waals surface area contributed by atoms with Crippen LogP contribution in [-0.2, 0) is 17.6 Å². The minimum Gasteiger partial charge on any atom is -0.497 e. The maximum Gasteiger partial charge on any atom is 0.220 e. The first-order valence-electron chi connectivity index (χ1n) is 8.58. The van der Waals surface area contributed by atoms with Gasteiger partial charge in [-0.15, -0.1) is 0 Å². The first kappa shape index (κ1) is 16.5. The predicted octanol–water partition coefficient (Wildman–Crippen LogP) is 3.26. The molecule has 0 bridgehead atoms. The molecule has 1 aliphatic rings. The fourth-order valence-electron chi connectivity index (χ4n) is 3.36. The largest absolute Gasteiger partial charge is 0.497 e. The Hall–Kier alpha value is -2.36. The number of carbonyl (C=O) groups is 1. The van der Waals surface area contributed by atoms with Gasteiger partial charge in [0.15, 0.2) is 0 Å². The number of nitrogens with zero attached hydrogens (tertiary/aromatic N) is 1. The highest BCUT2D eigenvalue weighted by Gasteiger charge is 2.21. The van der Waals surface area contributed by atoms with Crippen LogP contribution in [0.1, 0.15) is 41.9 Å². The van der Waals surface area contributed by atoms with E-state index in [1.807, 2.05) is 18.2 Å². The van der Waals surface area contributed by atoms with Crippen molar-refractivity contribution in [2.24, 2.45) is 0 Å². The Kier molecular flexibility index (Phi) is 5.47. The molecule has 1 atom stereocenters. The molecular weight excluding hydrogens is 300 g/mol. The molecule has 1 aromatic heterocycles. The van der Waals surface area contributed by atoms with Gasteiger partial charge in [-0.2, -0.15) is 0 Å². The van der Waals surface area contributed by atoms with Crippen molar-refractivity contribution in [3.8, 4) is 5.75 Å². The van der Waals surface area contributed by atoms with Gasteiger partial charge in [0.2, 0.25) is 5.91 Å². The fraction of sp³-hybridized carbons (Fsp3) is 0.400. The van der Waals surface area contributed by atoms with Gasteiger partial charge < -0.3 is 10.1 Å². The second-order valence-electron chi connectivity index (χ2n) is 6.31. The molecule has 24 heavy (non-hydrogen) atoms. The summed E-state index contributed by atoms with van der Waals surface area (Å²) >= 11 is 0. The van der Waals surface area contributed by atoms with Crippen molar-refractivity contribution >= 4 is 5.91 Å². The summed E-state index contributed by atoms with van der Waals surface area (Å²) in [6.45, 7) is 0.717. The SMILES string of the molecule is COc1ccc2c(c1)CCC[C@@H]2CNC(=O)CCc1ccncc1. The molecule has 1 aliphatic carbocycles. The Morgan fingerprint density at radius 1 is 1.29 bits per heavy atom. The van der Waals surface area contributed by atoms with Crippen molar-refractivity contribution in [3.05, 3.63) is 59.4 Å². The van der Waals surface area contributed by atoms with E-state index in [2.05, 4.69) is 22.4 Å². The topological polar surface area (TPSA) is 51.2 Å². The quantitative estimate of drug-likeness (QED) is 0.887. The molecule has 1 N–H and O–H groups in total. The van der Waals surface area contributed by atoms with Crippen molar-refractivity contribution < 1.29 is 9.53 Å². The van der Waals surface area contributed by atoms with E-state index in [1.165, 1.54) is 11.1 Å². The molecule has 3 rings (SSSR count). The van der Waals surface area contributed by atoms with Crippen LogP contribution in [0.25, 0.3) is 0 Å². The number of rotatable bonds is 6. The van der Waals surface area contributed by atoms with Crippen LogP contribution in [0.5, 0.6) is 5.75 Å². The van der Waals surface area contributed by atoms with Crippen LogP contribution >= 0.6 is 0 Å². The van der Waals surface area contributed by atoms with Gasteiger partial charge in [-0.05, 0) is 66.6 Å². The van der Waals surface area contributed by atoms with Crippen LogP contribution in [0.2, 0.25) is 0 Å². The van der Waals surface area contributed by atoms with Gasteiger partial charge in [0.25, 0.3) is 0 Å². The molecule has 0 saturated heterocycles. The van der Waals surface area contributed by atoms with Gasteiger partial charge in [-0.25, -0.2) is 0 Å². The van der Waals surface area contributed by atoms with E-state index in [4.69, 9.17) is 4.74 Å². The van der Waals surface area contributed by atoms with E-state index in [0.29, 0.717) is 18.9 Å². The molecule has 4 heteroatoms. The molecule has 1 amide bonds. The van der Waals surface area contributed by atoms with Gasteiger partial charge in [0.1, 0.15) is 5.75 Å². The lowest BCUT2D eigenvalue weighted by Gasteiger charge is -2.26. The van der Waals surface area contributed by atoms with Crippen LogP contribution < -0.4 is 10.1 Å². The molecule has 0 spiro atoms. The summed E-state index contributed by atoms with van der Waals surface area (Å²) in [7, 11) is 1.70. The number of hydrogen-bond donors (Lipinski definition) is 1. The highest BCUT2D eigenvalue weighted by atomic mass is 16.5. The molecule has 0 radical (unpaired) electrons. The number of aryl methyl sites for hydroxylation is 2. The van der Waals surface area contributed by atoms with Crippen molar-refractivity contribution in [2.45, 2.75) is 38.0 Å². The van der Waals surface area contributed by atoms with Crippen molar-refractivity contribution in [1.82, 2.24) is 10.3 Å². The van der Waals surface area contributed by atoms with Gasteiger partial charge in [-0.1, -0.05) is 6.07 Å². The molecule has 2 aromatic rings. The molecule has 0 fully saturated rings. The summed E-state index contributed by atoms with van der Waals surface area (Å²) in [5.41, 5.74) is 3.86. The average Bonchev–Trinajstić information content (AvgIpc) is 2.65. The number of fused-ring (bicyclic) bond motifs is 1. The Balaban J connectivity index is 1.53. The normalized spacial score (nSPS) is 16.3. The summed E-state index contributed by atoms with van der Waals surface area (Å²) in [4.78, 5) is 16.1. The lowest BCUT2D eigenvalue weighted by atomic mass is 9.82. The Labute approximate surface area is 143 Å². The zero-order chi connectivity index (χ0) is 16.8. The smallest absolute Gasteiger partial charge is 0.220 e. The van der Waals surface area contributed by atoms with Crippen LogP contribution in [-0.4, -0.2) is 24.5 Å². The van der Waals surface area contributed by atoms with Crippen LogP contribution in [0.15, 0.2) is 42.7 Å². The average molecular weight is 324 g/mol. The first-order valence-corrected chi connectivity index (χ1v) is 8.58. The van der Waals surface area contributed by atoms with Crippen molar-refractivity contribution in [3.63, 3.8) is 0 Å². The molecule has 126 valence electrons. The number of carbonyl (C=O) groups excluding carboxylic acids is 1. The Bertz CT molecular complexity index is 685. The monoisotopic (exact) mass is 324 g/mol. The highest BCUT2D eigenvalue weighted by Crippen LogP contribution is 2.33. The Morgan fingerprint density at radius 2 is 2.12 bits per heavy atom. The molecule has 1 aromatic carbocycles. The molecule has 0 saturated carbocycles. The third-order valence-electron chi connectivity index (χ3n) is 4.72. The first-order chi connectivity index (χ1) is 11.8. The highest BCUT2D eigenvalue weighted by molar-refractivity contribution is 5.76. The third-order valence-corrected chi connectivity index (χ3v) is 4.72. The lowest BCUT2D eigenvalue weighted by Crippen LogP contribution is -2.30.